The average molecular weight is 918 g/mol. The van der Waals surface area contributed by atoms with Crippen molar-refractivity contribution in [3.8, 4) is 0 Å². The van der Waals surface area contributed by atoms with Crippen LogP contribution in [0.1, 0.15) is 329 Å². The number of unbranched alkanes of at least 4 members (excludes halogenated alkanes) is 41. The van der Waals surface area contributed by atoms with Crippen molar-refractivity contribution >= 4 is 17.9 Å². The van der Waals surface area contributed by atoms with Gasteiger partial charge >= 0.3 is 17.9 Å². The minimum absolute atomic E-state index is 0.0667. The molecular weight excluding hydrogens is 805 g/mol. The molecule has 384 valence electrons. The van der Waals surface area contributed by atoms with E-state index in [1.54, 1.807) is 0 Å². The summed E-state index contributed by atoms with van der Waals surface area (Å²) >= 11 is 0. The maximum absolute atomic E-state index is 12.8. The predicted molar refractivity (Wildman–Crippen MR) is 280 cm³/mol. The largest absolute Gasteiger partial charge is 0.462 e. The zero-order valence-corrected chi connectivity index (χ0v) is 44.0. The lowest BCUT2D eigenvalue weighted by Crippen LogP contribution is -2.30. The summed E-state index contributed by atoms with van der Waals surface area (Å²) in [7, 11) is 0. The molecule has 1 unspecified atom stereocenters. The minimum atomic E-state index is -0.767. The molecule has 0 bridgehead atoms. The van der Waals surface area contributed by atoms with Gasteiger partial charge in [-0.15, -0.1) is 0 Å². The van der Waals surface area contributed by atoms with Gasteiger partial charge in [-0.2, -0.15) is 0 Å². The molecule has 0 aromatic heterocycles. The van der Waals surface area contributed by atoms with Gasteiger partial charge in [0.1, 0.15) is 13.2 Å². The Morgan fingerprint density at radius 1 is 0.292 bits per heavy atom. The van der Waals surface area contributed by atoms with Gasteiger partial charge in [-0.1, -0.05) is 283 Å². The summed E-state index contributed by atoms with van der Waals surface area (Å²) in [6, 6.07) is 0. The Labute approximate surface area is 405 Å². The molecule has 0 saturated carbocycles. The molecule has 0 aliphatic carbocycles. The number of hydrogen-bond donors (Lipinski definition) is 0. The van der Waals surface area contributed by atoms with E-state index >= 15 is 0 Å². The number of carbonyl (C=O) groups is 3. The van der Waals surface area contributed by atoms with Crippen LogP contribution in [0, 0.1) is 0 Å². The van der Waals surface area contributed by atoms with E-state index < -0.39 is 6.10 Å². The van der Waals surface area contributed by atoms with Crippen LogP contribution in [0.25, 0.3) is 0 Å². The van der Waals surface area contributed by atoms with E-state index in [9.17, 15) is 14.4 Å². The zero-order valence-electron chi connectivity index (χ0n) is 44.0. The number of allylic oxidation sites excluding steroid dienone is 2. The third-order valence-corrected chi connectivity index (χ3v) is 13.3. The maximum atomic E-state index is 12.8. The monoisotopic (exact) mass is 917 g/mol. The minimum Gasteiger partial charge on any atom is -0.462 e. The first kappa shape index (κ1) is 63.1. The fraction of sp³-hybridized carbons (Fsp3) is 0.915. The number of esters is 3. The van der Waals surface area contributed by atoms with Crippen LogP contribution in [0.3, 0.4) is 0 Å². The van der Waals surface area contributed by atoms with Gasteiger partial charge in [0.25, 0.3) is 0 Å². The topological polar surface area (TPSA) is 78.9 Å². The molecule has 0 amide bonds. The summed E-state index contributed by atoms with van der Waals surface area (Å²) in [6.07, 6.45) is 62.2. The van der Waals surface area contributed by atoms with Crippen LogP contribution in [-0.4, -0.2) is 37.2 Å². The lowest BCUT2D eigenvalue weighted by molar-refractivity contribution is -0.167. The first-order valence-electron chi connectivity index (χ1n) is 29.2. The van der Waals surface area contributed by atoms with Gasteiger partial charge in [0.2, 0.25) is 0 Å². The Kier molecular flexibility index (Phi) is 53.2. The highest BCUT2D eigenvalue weighted by molar-refractivity contribution is 5.71. The second-order valence-corrected chi connectivity index (χ2v) is 19.9. The molecule has 65 heavy (non-hydrogen) atoms. The third-order valence-electron chi connectivity index (χ3n) is 13.3. The molecule has 0 spiro atoms. The van der Waals surface area contributed by atoms with E-state index in [1.165, 1.54) is 218 Å². The summed E-state index contributed by atoms with van der Waals surface area (Å²) in [4.78, 5) is 38.1. The number of hydrogen-bond acceptors (Lipinski definition) is 6. The van der Waals surface area contributed by atoms with E-state index in [1.807, 2.05) is 0 Å². The SMILES string of the molecule is CCC/C=C\CCCCCCCC(=O)OCC(COC(=O)CCCCCCCCCCCCCCCCCCCCCCC)OC(=O)CCCCCCCCCCCCCCCCCC. The van der Waals surface area contributed by atoms with Gasteiger partial charge in [-0.25, -0.2) is 0 Å². The average Bonchev–Trinajstić information content (AvgIpc) is 3.30. The lowest BCUT2D eigenvalue weighted by atomic mass is 10.0. The normalized spacial score (nSPS) is 12.0. The van der Waals surface area contributed by atoms with Gasteiger partial charge in [-0.3, -0.25) is 14.4 Å². The third kappa shape index (κ3) is 53.0. The van der Waals surface area contributed by atoms with Crippen molar-refractivity contribution in [2.24, 2.45) is 0 Å². The Morgan fingerprint density at radius 2 is 0.538 bits per heavy atom. The molecule has 0 aromatic carbocycles. The Morgan fingerprint density at radius 3 is 0.831 bits per heavy atom. The molecule has 0 heterocycles. The second kappa shape index (κ2) is 54.8. The predicted octanol–water partition coefficient (Wildman–Crippen LogP) is 19.3. The number of ether oxygens (including phenoxy) is 3. The second-order valence-electron chi connectivity index (χ2n) is 19.9. The molecule has 0 saturated heterocycles. The molecular formula is C59H112O6. The van der Waals surface area contributed by atoms with Gasteiger partial charge in [-0.05, 0) is 38.5 Å². The summed E-state index contributed by atoms with van der Waals surface area (Å²) < 4.78 is 16.8. The molecule has 0 fully saturated rings. The van der Waals surface area contributed by atoms with Crippen molar-refractivity contribution in [1.82, 2.24) is 0 Å². The quantitative estimate of drug-likeness (QED) is 0.0262. The van der Waals surface area contributed by atoms with E-state index in [-0.39, 0.29) is 31.1 Å². The Hall–Kier alpha value is -1.85. The lowest BCUT2D eigenvalue weighted by Gasteiger charge is -2.18. The van der Waals surface area contributed by atoms with E-state index in [0.717, 1.165) is 70.6 Å². The van der Waals surface area contributed by atoms with Crippen LogP contribution >= 0.6 is 0 Å². The summed E-state index contributed by atoms with van der Waals surface area (Å²) in [6.45, 7) is 6.63. The van der Waals surface area contributed by atoms with Crippen molar-refractivity contribution in [3.05, 3.63) is 12.2 Å². The van der Waals surface area contributed by atoms with Crippen LogP contribution in [0.4, 0.5) is 0 Å². The van der Waals surface area contributed by atoms with Crippen molar-refractivity contribution in [3.63, 3.8) is 0 Å². The fourth-order valence-electron chi connectivity index (χ4n) is 8.86. The van der Waals surface area contributed by atoms with E-state index in [0.29, 0.717) is 19.3 Å². The van der Waals surface area contributed by atoms with Crippen LogP contribution in [0.2, 0.25) is 0 Å². The standard InChI is InChI=1S/C59H112O6/c1-4-7-10-13-16-19-22-24-26-28-29-30-31-32-34-35-37-40-43-46-49-52-58(61)64-55-56(54-63-57(60)51-48-45-42-39-21-18-15-12-9-6-3)65-59(62)53-50-47-44-41-38-36-33-27-25-23-20-17-14-11-8-5-2/h12,15,56H,4-11,13-14,16-55H2,1-3H3/b15-12-. The van der Waals surface area contributed by atoms with Gasteiger partial charge in [0, 0.05) is 19.3 Å². The number of carbonyl (C=O) groups excluding carboxylic acids is 3. The van der Waals surface area contributed by atoms with Crippen molar-refractivity contribution in [2.45, 2.75) is 335 Å². The van der Waals surface area contributed by atoms with Crippen molar-refractivity contribution in [1.29, 1.82) is 0 Å². The Balaban J connectivity index is 4.21. The molecule has 0 radical (unpaired) electrons. The van der Waals surface area contributed by atoms with Crippen LogP contribution in [0.15, 0.2) is 12.2 Å². The molecule has 6 heteroatoms. The smallest absolute Gasteiger partial charge is 0.306 e. The fourth-order valence-corrected chi connectivity index (χ4v) is 8.86. The molecule has 0 aliphatic heterocycles. The van der Waals surface area contributed by atoms with Crippen LogP contribution in [-0.2, 0) is 28.6 Å². The highest BCUT2D eigenvalue weighted by Gasteiger charge is 2.19. The maximum Gasteiger partial charge on any atom is 0.306 e. The summed E-state index contributed by atoms with van der Waals surface area (Å²) in [5.41, 5.74) is 0. The molecule has 0 aliphatic rings. The summed E-state index contributed by atoms with van der Waals surface area (Å²) in [5.74, 6) is -0.854. The number of rotatable bonds is 54. The highest BCUT2D eigenvalue weighted by Crippen LogP contribution is 2.18. The first-order valence-corrected chi connectivity index (χ1v) is 29.2. The Bertz CT molecular complexity index is 1010. The molecule has 0 N–H and O–H groups in total. The van der Waals surface area contributed by atoms with Crippen LogP contribution < -0.4 is 0 Å². The first-order chi connectivity index (χ1) is 32.0. The van der Waals surface area contributed by atoms with E-state index in [4.69, 9.17) is 14.2 Å². The van der Waals surface area contributed by atoms with Crippen molar-refractivity contribution < 1.29 is 28.6 Å². The highest BCUT2D eigenvalue weighted by atomic mass is 16.6. The van der Waals surface area contributed by atoms with E-state index in [2.05, 4.69) is 32.9 Å². The molecule has 0 aromatic rings. The van der Waals surface area contributed by atoms with Gasteiger partial charge < -0.3 is 14.2 Å². The van der Waals surface area contributed by atoms with Gasteiger partial charge in [0.05, 0.1) is 0 Å². The van der Waals surface area contributed by atoms with Crippen molar-refractivity contribution in [2.75, 3.05) is 13.2 Å². The van der Waals surface area contributed by atoms with Crippen LogP contribution in [0.5, 0.6) is 0 Å². The van der Waals surface area contributed by atoms with Gasteiger partial charge in [0.15, 0.2) is 6.10 Å². The molecule has 1 atom stereocenters. The molecule has 6 nitrogen and oxygen atoms in total. The zero-order chi connectivity index (χ0) is 47.2. The molecule has 0 rings (SSSR count). The summed E-state index contributed by atoms with van der Waals surface area (Å²) in [5, 5.41) is 0.